The number of carbonyl (C=O) groups excluding carboxylic acids is 1. The molecule has 0 aliphatic carbocycles. The number of nitriles is 1. The number of carboxylic acid groups (broad SMARTS) is 1. The molecule has 0 aliphatic rings. The number of hydrogen-bond donors (Lipinski definition) is 2. The summed E-state index contributed by atoms with van der Waals surface area (Å²) in [6, 6.07) is 14.5. The summed E-state index contributed by atoms with van der Waals surface area (Å²) in [5.74, 6) is -0.672. The van der Waals surface area contributed by atoms with E-state index in [1.165, 1.54) is 24.3 Å². The second-order valence-corrected chi connectivity index (χ2v) is 7.42. The van der Waals surface area contributed by atoms with Crippen LogP contribution < -0.4 is 10.1 Å². The van der Waals surface area contributed by atoms with Gasteiger partial charge in [0.25, 0.3) is 5.91 Å². The molecule has 0 aliphatic heterocycles. The molecule has 1 atom stereocenters. The van der Waals surface area contributed by atoms with E-state index in [0.29, 0.717) is 29.6 Å². The van der Waals surface area contributed by atoms with Crippen molar-refractivity contribution in [1.82, 2.24) is 5.16 Å². The monoisotopic (exact) mass is 483 g/mol. The fraction of sp³-hybridized carbons (Fsp3) is 0.182. The van der Waals surface area contributed by atoms with Crippen LogP contribution in [0.3, 0.4) is 0 Å². The zero-order valence-electron chi connectivity index (χ0n) is 16.5. The number of rotatable bonds is 8. The quantitative estimate of drug-likeness (QED) is 0.449. The van der Waals surface area contributed by atoms with Crippen LogP contribution in [-0.4, -0.2) is 34.1 Å². The number of benzene rings is 2. The van der Waals surface area contributed by atoms with Crippen LogP contribution in [0.4, 0.5) is 5.69 Å². The van der Waals surface area contributed by atoms with E-state index in [2.05, 4.69) is 26.4 Å². The maximum absolute atomic E-state index is 12.6. The molecule has 1 aromatic heterocycles. The van der Waals surface area contributed by atoms with Crippen molar-refractivity contribution in [3.05, 3.63) is 65.4 Å². The number of carbonyl (C=O) groups is 2. The van der Waals surface area contributed by atoms with E-state index >= 15 is 0 Å². The van der Waals surface area contributed by atoms with Gasteiger partial charge in [-0.1, -0.05) is 40.1 Å². The molecule has 0 fully saturated rings. The van der Waals surface area contributed by atoms with Gasteiger partial charge in [0, 0.05) is 11.4 Å². The number of halogens is 1. The van der Waals surface area contributed by atoms with Gasteiger partial charge in [0.2, 0.25) is 0 Å². The van der Waals surface area contributed by atoms with Gasteiger partial charge in [-0.25, -0.2) is 4.79 Å². The molecule has 0 spiro atoms. The van der Waals surface area contributed by atoms with Gasteiger partial charge in [-0.2, -0.15) is 5.26 Å². The normalized spacial score (nSPS) is 11.4. The summed E-state index contributed by atoms with van der Waals surface area (Å²) >= 11 is 3.41. The van der Waals surface area contributed by atoms with E-state index in [-0.39, 0.29) is 22.5 Å². The van der Waals surface area contributed by atoms with Crippen molar-refractivity contribution < 1.29 is 24.0 Å². The van der Waals surface area contributed by atoms with Gasteiger partial charge in [-0.15, -0.1) is 0 Å². The van der Waals surface area contributed by atoms with Crippen LogP contribution in [0.2, 0.25) is 0 Å². The lowest BCUT2D eigenvalue weighted by molar-refractivity contribution is 0.0698. The van der Waals surface area contributed by atoms with Crippen molar-refractivity contribution in [3.63, 3.8) is 0 Å². The molecule has 0 radical (unpaired) electrons. The average Bonchev–Trinajstić information content (AvgIpc) is 3.28. The molecule has 0 saturated carbocycles. The molecule has 31 heavy (non-hydrogen) atoms. The zero-order valence-corrected chi connectivity index (χ0v) is 18.0. The number of alkyl halides is 1. The third-order valence-electron chi connectivity index (χ3n) is 4.31. The first kappa shape index (κ1) is 22.1. The summed E-state index contributed by atoms with van der Waals surface area (Å²) in [7, 11) is 0. The molecule has 3 aromatic rings. The highest BCUT2D eigenvalue weighted by molar-refractivity contribution is 9.09. The lowest BCUT2D eigenvalue weighted by Gasteiger charge is -2.12. The molecule has 8 nitrogen and oxygen atoms in total. The Bertz CT molecular complexity index is 1150. The Balaban J connectivity index is 1.82. The van der Waals surface area contributed by atoms with Gasteiger partial charge in [0.1, 0.15) is 5.75 Å². The topological polar surface area (TPSA) is 125 Å². The zero-order chi connectivity index (χ0) is 22.4. The molecule has 158 valence electrons. The molecular formula is C22H18BrN3O5. The standard InChI is InChI=1S/C22H18BrN3O5/c1-13(10-23)12-30-19-5-3-2-4-15(19)20-9-18(26-31-20)21(27)25-17-7-6-14(11-24)8-16(17)22(28)29/h2-9,13H,10,12H2,1H3,(H,25,27)(H,28,29)/t13-/m0/s1. The van der Waals surface area contributed by atoms with Crippen LogP contribution in [0.15, 0.2) is 53.1 Å². The number of ether oxygens (including phenoxy) is 1. The first-order valence-electron chi connectivity index (χ1n) is 9.26. The number of anilines is 1. The molecule has 0 saturated heterocycles. The first-order chi connectivity index (χ1) is 14.9. The van der Waals surface area contributed by atoms with Gasteiger partial charge in [-0.3, -0.25) is 4.79 Å². The van der Waals surface area contributed by atoms with Crippen LogP contribution in [0.5, 0.6) is 5.75 Å². The fourth-order valence-electron chi connectivity index (χ4n) is 2.67. The molecule has 1 amide bonds. The predicted molar refractivity (Wildman–Crippen MR) is 116 cm³/mol. The second kappa shape index (κ2) is 9.91. The maximum atomic E-state index is 12.6. The smallest absolute Gasteiger partial charge is 0.337 e. The van der Waals surface area contributed by atoms with Gasteiger partial charge in [-0.05, 0) is 36.2 Å². The van der Waals surface area contributed by atoms with Crippen molar-refractivity contribution in [2.45, 2.75) is 6.92 Å². The highest BCUT2D eigenvalue weighted by Gasteiger charge is 2.19. The van der Waals surface area contributed by atoms with Crippen molar-refractivity contribution in [1.29, 1.82) is 5.26 Å². The number of nitrogens with zero attached hydrogens (tertiary/aromatic N) is 2. The minimum absolute atomic E-state index is 0.0284. The summed E-state index contributed by atoms with van der Waals surface area (Å²) in [6.07, 6.45) is 0. The number of para-hydroxylation sites is 1. The number of aromatic nitrogens is 1. The summed E-state index contributed by atoms with van der Waals surface area (Å²) in [4.78, 5) is 24.1. The third kappa shape index (κ3) is 5.29. The molecule has 0 bridgehead atoms. The van der Waals surface area contributed by atoms with Crippen LogP contribution in [0.1, 0.15) is 33.3 Å². The molecule has 9 heteroatoms. The van der Waals surface area contributed by atoms with Gasteiger partial charge >= 0.3 is 5.97 Å². The molecule has 1 heterocycles. The summed E-state index contributed by atoms with van der Waals surface area (Å²) in [5.41, 5.74) is 0.633. The van der Waals surface area contributed by atoms with Crippen molar-refractivity contribution in [3.8, 4) is 23.1 Å². The summed E-state index contributed by atoms with van der Waals surface area (Å²) < 4.78 is 11.2. The molecule has 2 N–H and O–H groups in total. The van der Waals surface area contributed by atoms with Crippen molar-refractivity contribution in [2.24, 2.45) is 5.92 Å². The van der Waals surface area contributed by atoms with Gasteiger partial charge < -0.3 is 19.7 Å². The van der Waals surface area contributed by atoms with E-state index in [1.54, 1.807) is 12.1 Å². The average molecular weight is 484 g/mol. The molecule has 3 rings (SSSR count). The summed E-state index contributed by atoms with van der Waals surface area (Å²) in [6.45, 7) is 2.54. The van der Waals surface area contributed by atoms with Crippen LogP contribution in [0.25, 0.3) is 11.3 Å². The van der Waals surface area contributed by atoms with Gasteiger partial charge in [0.15, 0.2) is 11.5 Å². The molecular weight excluding hydrogens is 466 g/mol. The predicted octanol–water partition coefficient (Wildman–Crippen LogP) is 4.57. The maximum Gasteiger partial charge on any atom is 0.337 e. The van der Waals surface area contributed by atoms with Crippen LogP contribution >= 0.6 is 15.9 Å². The molecule has 0 unspecified atom stereocenters. The van der Waals surface area contributed by atoms with Crippen molar-refractivity contribution in [2.75, 3.05) is 17.3 Å². The first-order valence-corrected chi connectivity index (χ1v) is 10.4. The number of hydrogen-bond acceptors (Lipinski definition) is 6. The Hall–Kier alpha value is -3.64. The van der Waals surface area contributed by atoms with E-state index in [1.807, 2.05) is 25.1 Å². The van der Waals surface area contributed by atoms with Crippen LogP contribution in [-0.2, 0) is 0 Å². The largest absolute Gasteiger partial charge is 0.493 e. The highest BCUT2D eigenvalue weighted by atomic mass is 79.9. The van der Waals surface area contributed by atoms with E-state index in [9.17, 15) is 14.7 Å². The van der Waals surface area contributed by atoms with Crippen LogP contribution in [0, 0.1) is 17.2 Å². The Kier molecular flexibility index (Phi) is 7.05. The SMILES string of the molecule is C[C@@H](CBr)COc1ccccc1-c1cc(C(=O)Nc2ccc(C#N)cc2C(=O)O)no1. The highest BCUT2D eigenvalue weighted by Crippen LogP contribution is 2.31. The Morgan fingerprint density at radius 3 is 2.77 bits per heavy atom. The number of amides is 1. The number of carboxylic acids is 1. The van der Waals surface area contributed by atoms with Crippen molar-refractivity contribution >= 4 is 33.5 Å². The lowest BCUT2D eigenvalue weighted by Crippen LogP contribution is -2.15. The summed E-state index contributed by atoms with van der Waals surface area (Å²) in [5, 5.41) is 25.4. The van der Waals surface area contributed by atoms with E-state index in [4.69, 9.17) is 14.5 Å². The van der Waals surface area contributed by atoms with Gasteiger partial charge in [0.05, 0.1) is 35.1 Å². The van der Waals surface area contributed by atoms with E-state index < -0.39 is 11.9 Å². The minimum Gasteiger partial charge on any atom is -0.493 e. The Labute approximate surface area is 186 Å². The Morgan fingerprint density at radius 2 is 2.06 bits per heavy atom. The minimum atomic E-state index is -1.27. The number of nitrogens with one attached hydrogen (secondary N) is 1. The second-order valence-electron chi connectivity index (χ2n) is 6.77. The number of aromatic carboxylic acids is 1. The molecule has 2 aromatic carbocycles. The lowest BCUT2D eigenvalue weighted by atomic mass is 10.1. The third-order valence-corrected chi connectivity index (χ3v) is 5.41. The fourth-order valence-corrected chi connectivity index (χ4v) is 2.85. The van der Waals surface area contributed by atoms with E-state index in [0.717, 1.165) is 5.33 Å². The Morgan fingerprint density at radius 1 is 1.29 bits per heavy atom.